The van der Waals surface area contributed by atoms with E-state index in [4.69, 9.17) is 4.74 Å². The monoisotopic (exact) mass is 386 g/mol. The van der Waals surface area contributed by atoms with E-state index in [0.29, 0.717) is 19.5 Å². The molecule has 2 fully saturated rings. The minimum absolute atomic E-state index is 0.151. The molecular formula is C18H30N2O5S. The number of ether oxygens (including phenoxy) is 1. The molecule has 0 aromatic rings. The molecule has 26 heavy (non-hydrogen) atoms. The summed E-state index contributed by atoms with van der Waals surface area (Å²) in [7, 11) is -3.41. The highest BCUT2D eigenvalue weighted by Crippen LogP contribution is 2.32. The maximum atomic E-state index is 12.1. The number of sulfonamides is 1. The van der Waals surface area contributed by atoms with E-state index < -0.39 is 21.7 Å². The topological polar surface area (TPSA) is 95.9 Å². The molecule has 2 rings (SSSR count). The van der Waals surface area contributed by atoms with Gasteiger partial charge in [0, 0.05) is 13.1 Å². The molecule has 1 saturated carbocycles. The van der Waals surface area contributed by atoms with E-state index in [1.165, 1.54) is 5.57 Å². The minimum atomic E-state index is -3.41. The van der Waals surface area contributed by atoms with Crippen molar-refractivity contribution in [2.24, 2.45) is 0 Å². The lowest BCUT2D eigenvalue weighted by atomic mass is 10.0. The first-order valence-electron chi connectivity index (χ1n) is 8.98. The summed E-state index contributed by atoms with van der Waals surface area (Å²) in [4.78, 5) is 13.8. The number of aliphatic hydroxyl groups excluding tert-OH is 1. The molecule has 7 nitrogen and oxygen atoms in total. The van der Waals surface area contributed by atoms with Crippen molar-refractivity contribution in [2.45, 2.75) is 64.5 Å². The summed E-state index contributed by atoms with van der Waals surface area (Å²) >= 11 is 0. The van der Waals surface area contributed by atoms with Crippen LogP contribution in [0.15, 0.2) is 23.0 Å². The van der Waals surface area contributed by atoms with Gasteiger partial charge in [-0.05, 0) is 58.4 Å². The fourth-order valence-corrected chi connectivity index (χ4v) is 3.56. The van der Waals surface area contributed by atoms with Crippen LogP contribution in [0.2, 0.25) is 0 Å². The Morgan fingerprint density at radius 3 is 2.31 bits per heavy atom. The van der Waals surface area contributed by atoms with Crippen LogP contribution in [0.1, 0.15) is 52.9 Å². The molecule has 1 aliphatic carbocycles. The van der Waals surface area contributed by atoms with Gasteiger partial charge >= 0.3 is 6.09 Å². The molecule has 1 amide bonds. The Kier molecular flexibility index (Phi) is 6.39. The molecule has 0 bridgehead atoms. The van der Waals surface area contributed by atoms with Gasteiger partial charge in [-0.3, -0.25) is 0 Å². The molecule has 148 valence electrons. The summed E-state index contributed by atoms with van der Waals surface area (Å²) in [6.07, 6.45) is 6.29. The van der Waals surface area contributed by atoms with Gasteiger partial charge in [0.2, 0.25) is 10.0 Å². The molecule has 0 aromatic carbocycles. The highest BCUT2D eigenvalue weighted by atomic mass is 32.2. The van der Waals surface area contributed by atoms with Crippen LogP contribution >= 0.6 is 0 Å². The molecule has 1 aliphatic heterocycles. The van der Waals surface area contributed by atoms with Crippen LogP contribution in [0.3, 0.4) is 0 Å². The van der Waals surface area contributed by atoms with Crippen molar-refractivity contribution in [3.05, 3.63) is 23.0 Å². The fourth-order valence-electron chi connectivity index (χ4n) is 2.83. The number of allylic oxidation sites excluding steroid dienone is 1. The van der Waals surface area contributed by atoms with Crippen LogP contribution in [0, 0.1) is 0 Å². The van der Waals surface area contributed by atoms with Gasteiger partial charge < -0.3 is 14.7 Å². The summed E-state index contributed by atoms with van der Waals surface area (Å²) in [5, 5.41) is 10.2. The average molecular weight is 387 g/mol. The Morgan fingerprint density at radius 2 is 1.85 bits per heavy atom. The number of nitrogens with zero attached hydrogens (tertiary/aromatic N) is 1. The van der Waals surface area contributed by atoms with E-state index in [0.717, 1.165) is 37.5 Å². The number of likely N-dealkylation sites (tertiary alicyclic amines) is 1. The molecule has 1 heterocycles. The molecule has 0 spiro atoms. The van der Waals surface area contributed by atoms with E-state index in [1.54, 1.807) is 4.90 Å². The SMILES string of the molecule is CC(C)(C)OC(=O)N1CCC(=CC[C@@H](NS(C)(=O)=O)C(O)=C2CC2)CC1. The van der Waals surface area contributed by atoms with Gasteiger partial charge in [-0.25, -0.2) is 17.9 Å². The zero-order valence-electron chi connectivity index (χ0n) is 16.0. The minimum Gasteiger partial charge on any atom is -0.511 e. The number of carbonyl (C=O) groups is 1. The zero-order chi connectivity index (χ0) is 19.5. The van der Waals surface area contributed by atoms with Crippen LogP contribution in [0.5, 0.6) is 0 Å². The Labute approximate surface area is 156 Å². The number of amides is 1. The van der Waals surface area contributed by atoms with Crippen molar-refractivity contribution >= 4 is 16.1 Å². The van der Waals surface area contributed by atoms with Crippen LogP contribution < -0.4 is 4.72 Å². The molecule has 2 N–H and O–H groups in total. The lowest BCUT2D eigenvalue weighted by Gasteiger charge is -2.31. The fraction of sp³-hybridized carbons (Fsp3) is 0.722. The van der Waals surface area contributed by atoms with Crippen molar-refractivity contribution in [1.82, 2.24) is 9.62 Å². The second kappa shape index (κ2) is 8.00. The summed E-state index contributed by atoms with van der Waals surface area (Å²) < 4.78 is 31.0. The number of piperidine rings is 1. The van der Waals surface area contributed by atoms with Crippen molar-refractivity contribution < 1.29 is 23.1 Å². The third-order valence-electron chi connectivity index (χ3n) is 4.25. The van der Waals surface area contributed by atoms with Gasteiger partial charge in [-0.1, -0.05) is 11.6 Å². The lowest BCUT2D eigenvalue weighted by Crippen LogP contribution is -2.40. The predicted octanol–water partition coefficient (Wildman–Crippen LogP) is 2.86. The molecule has 0 unspecified atom stereocenters. The number of hydrogen-bond acceptors (Lipinski definition) is 5. The number of nitrogens with one attached hydrogen (secondary N) is 1. The molecule has 2 aliphatic rings. The summed E-state index contributed by atoms with van der Waals surface area (Å²) in [6.45, 7) is 6.69. The average Bonchev–Trinajstić information content (AvgIpc) is 3.33. The Morgan fingerprint density at radius 1 is 1.27 bits per heavy atom. The standard InChI is InChI=1S/C18H30N2O5S/c1-18(2,3)25-17(22)20-11-9-13(10-12-20)5-8-15(19-26(4,23)24)16(21)14-6-7-14/h5,15,19,21H,6-12H2,1-4H3/t15-/m1/s1. The number of rotatable bonds is 5. The van der Waals surface area contributed by atoms with Crippen molar-refractivity contribution in [3.8, 4) is 0 Å². The van der Waals surface area contributed by atoms with Crippen LogP contribution in [-0.2, 0) is 14.8 Å². The van der Waals surface area contributed by atoms with E-state index >= 15 is 0 Å². The van der Waals surface area contributed by atoms with E-state index in [2.05, 4.69) is 4.72 Å². The van der Waals surface area contributed by atoms with E-state index in [1.807, 2.05) is 26.8 Å². The zero-order valence-corrected chi connectivity index (χ0v) is 16.9. The maximum absolute atomic E-state index is 12.1. The van der Waals surface area contributed by atoms with Crippen LogP contribution in [0.25, 0.3) is 0 Å². The normalized spacial score (nSPS) is 19.2. The lowest BCUT2D eigenvalue weighted by molar-refractivity contribution is 0.0236. The molecule has 0 radical (unpaired) electrons. The second-order valence-electron chi connectivity index (χ2n) is 8.00. The van der Waals surface area contributed by atoms with Gasteiger partial charge in [-0.15, -0.1) is 0 Å². The number of aliphatic hydroxyl groups is 1. The summed E-state index contributed by atoms with van der Waals surface area (Å²) in [6, 6.07) is -0.612. The molecule has 8 heteroatoms. The van der Waals surface area contributed by atoms with Gasteiger partial charge in [0.1, 0.15) is 11.4 Å². The third kappa shape index (κ3) is 6.99. The molecule has 0 aromatic heterocycles. The van der Waals surface area contributed by atoms with Crippen molar-refractivity contribution in [3.63, 3.8) is 0 Å². The predicted molar refractivity (Wildman–Crippen MR) is 100 cm³/mol. The van der Waals surface area contributed by atoms with Crippen molar-refractivity contribution in [1.29, 1.82) is 0 Å². The van der Waals surface area contributed by atoms with Crippen LogP contribution in [-0.4, -0.2) is 55.5 Å². The van der Waals surface area contributed by atoms with Crippen LogP contribution in [0.4, 0.5) is 4.79 Å². The Balaban J connectivity index is 1.92. The van der Waals surface area contributed by atoms with Crippen molar-refractivity contribution in [2.75, 3.05) is 19.3 Å². The quantitative estimate of drug-likeness (QED) is 0.559. The van der Waals surface area contributed by atoms with Gasteiger partial charge in [-0.2, -0.15) is 0 Å². The maximum Gasteiger partial charge on any atom is 0.410 e. The summed E-state index contributed by atoms with van der Waals surface area (Å²) in [5.41, 5.74) is 1.58. The second-order valence-corrected chi connectivity index (χ2v) is 9.78. The molecular weight excluding hydrogens is 356 g/mol. The first-order chi connectivity index (χ1) is 11.9. The van der Waals surface area contributed by atoms with E-state index in [9.17, 15) is 18.3 Å². The smallest absolute Gasteiger partial charge is 0.410 e. The number of hydrogen-bond donors (Lipinski definition) is 2. The highest BCUT2D eigenvalue weighted by molar-refractivity contribution is 7.88. The summed E-state index contributed by atoms with van der Waals surface area (Å²) in [5.74, 6) is 0.151. The first kappa shape index (κ1) is 20.8. The first-order valence-corrected chi connectivity index (χ1v) is 10.9. The largest absolute Gasteiger partial charge is 0.511 e. The van der Waals surface area contributed by atoms with Gasteiger partial charge in [0.05, 0.1) is 12.3 Å². The highest BCUT2D eigenvalue weighted by Gasteiger charge is 2.27. The third-order valence-corrected chi connectivity index (χ3v) is 4.96. The van der Waals surface area contributed by atoms with Gasteiger partial charge in [0.15, 0.2) is 0 Å². The Hall–Kier alpha value is -1.54. The molecule has 1 saturated heterocycles. The number of carbonyl (C=O) groups excluding carboxylic acids is 1. The molecule has 1 atom stereocenters. The van der Waals surface area contributed by atoms with Gasteiger partial charge in [0.25, 0.3) is 0 Å². The van der Waals surface area contributed by atoms with E-state index in [-0.39, 0.29) is 11.9 Å². The Bertz CT molecular complexity index is 688.